The van der Waals surface area contributed by atoms with Crippen molar-refractivity contribution in [1.82, 2.24) is 9.80 Å². The van der Waals surface area contributed by atoms with E-state index in [2.05, 4.69) is 30.9 Å². The summed E-state index contributed by atoms with van der Waals surface area (Å²) in [5.41, 5.74) is 2.01. The normalized spacial score (nSPS) is 21.9. The molecule has 1 aromatic carbocycles. The van der Waals surface area contributed by atoms with Gasteiger partial charge in [-0.3, -0.25) is 9.69 Å². The first-order valence-corrected chi connectivity index (χ1v) is 9.58. The Balaban J connectivity index is 1.68. The Morgan fingerprint density at radius 1 is 1.12 bits per heavy atom. The summed E-state index contributed by atoms with van der Waals surface area (Å²) in [6.07, 6.45) is 2.87. The molecule has 3 rings (SSSR count). The monoisotopic (exact) mass is 346 g/mol. The quantitative estimate of drug-likeness (QED) is 0.794. The average Bonchev–Trinajstić information content (AvgIpc) is 3.20. The van der Waals surface area contributed by atoms with Crippen LogP contribution in [0.3, 0.4) is 0 Å². The van der Waals surface area contributed by atoms with E-state index in [4.69, 9.17) is 9.47 Å². The molecule has 2 aliphatic heterocycles. The van der Waals surface area contributed by atoms with Gasteiger partial charge in [0.1, 0.15) is 0 Å². The van der Waals surface area contributed by atoms with Gasteiger partial charge in [-0.05, 0) is 50.0 Å². The lowest BCUT2D eigenvalue weighted by Crippen LogP contribution is -2.50. The summed E-state index contributed by atoms with van der Waals surface area (Å²) in [4.78, 5) is 17.3. The van der Waals surface area contributed by atoms with E-state index < -0.39 is 0 Å². The number of hydrogen-bond acceptors (Lipinski definition) is 4. The Bertz CT molecular complexity index is 551. The summed E-state index contributed by atoms with van der Waals surface area (Å²) in [6, 6.07) is 8.12. The van der Waals surface area contributed by atoms with Crippen LogP contribution in [0.25, 0.3) is 0 Å². The van der Waals surface area contributed by atoms with Crippen molar-refractivity contribution in [3.05, 3.63) is 35.4 Å². The van der Waals surface area contributed by atoms with E-state index in [1.807, 2.05) is 17.0 Å². The third kappa shape index (κ3) is 4.40. The van der Waals surface area contributed by atoms with E-state index in [0.717, 1.165) is 51.0 Å². The lowest BCUT2D eigenvalue weighted by atomic mass is 10.00. The highest BCUT2D eigenvalue weighted by Crippen LogP contribution is 2.26. The van der Waals surface area contributed by atoms with Crippen LogP contribution in [0.15, 0.2) is 24.3 Å². The van der Waals surface area contributed by atoms with Crippen LogP contribution in [-0.4, -0.2) is 60.9 Å². The first-order valence-electron chi connectivity index (χ1n) is 9.58. The molecule has 0 aliphatic carbocycles. The van der Waals surface area contributed by atoms with Crippen molar-refractivity contribution in [3.8, 4) is 0 Å². The summed E-state index contributed by atoms with van der Waals surface area (Å²) in [5.74, 6) is 0.0955. The number of piperidine rings is 1. The van der Waals surface area contributed by atoms with Gasteiger partial charge in [0.2, 0.25) is 0 Å². The predicted octanol–water partition coefficient (Wildman–Crippen LogP) is 2.90. The number of carbonyl (C=O) groups is 1. The predicted molar refractivity (Wildman–Crippen MR) is 97.4 cm³/mol. The molecule has 5 heteroatoms. The highest BCUT2D eigenvalue weighted by atomic mass is 16.7. The lowest BCUT2D eigenvalue weighted by Gasteiger charge is -2.38. The van der Waals surface area contributed by atoms with E-state index in [9.17, 15) is 4.79 Å². The van der Waals surface area contributed by atoms with Crippen LogP contribution in [0, 0.1) is 0 Å². The molecule has 2 fully saturated rings. The molecule has 0 radical (unpaired) electrons. The summed E-state index contributed by atoms with van der Waals surface area (Å²) in [7, 11) is 0. The smallest absolute Gasteiger partial charge is 0.254 e. The number of hydrogen-bond donors (Lipinski definition) is 0. The molecule has 138 valence electrons. The molecule has 0 N–H and O–H groups in total. The van der Waals surface area contributed by atoms with E-state index in [1.54, 1.807) is 0 Å². The molecule has 1 unspecified atom stereocenters. The van der Waals surface area contributed by atoms with E-state index in [0.29, 0.717) is 13.2 Å². The maximum atomic E-state index is 13.0. The highest BCUT2D eigenvalue weighted by molar-refractivity contribution is 5.94. The van der Waals surface area contributed by atoms with Crippen LogP contribution in [-0.2, 0) is 16.0 Å². The van der Waals surface area contributed by atoms with Gasteiger partial charge in [-0.25, -0.2) is 0 Å². The first kappa shape index (κ1) is 18.4. The third-order valence-corrected chi connectivity index (χ3v) is 5.27. The number of amides is 1. The maximum Gasteiger partial charge on any atom is 0.254 e. The van der Waals surface area contributed by atoms with Gasteiger partial charge in [0.05, 0.1) is 19.3 Å². The van der Waals surface area contributed by atoms with Crippen molar-refractivity contribution in [3.63, 3.8) is 0 Å². The van der Waals surface area contributed by atoms with Gasteiger partial charge in [-0.2, -0.15) is 0 Å². The van der Waals surface area contributed by atoms with Gasteiger partial charge < -0.3 is 14.4 Å². The molecule has 0 saturated carbocycles. The summed E-state index contributed by atoms with van der Waals surface area (Å²) >= 11 is 0. The Labute approximate surface area is 150 Å². The Hall–Kier alpha value is -1.43. The Morgan fingerprint density at radius 2 is 1.80 bits per heavy atom. The van der Waals surface area contributed by atoms with Crippen molar-refractivity contribution in [2.75, 3.05) is 32.8 Å². The minimum absolute atomic E-state index is 0.0408. The molecular formula is C20H30N2O3. The molecule has 1 atom stereocenters. The van der Waals surface area contributed by atoms with E-state index in [1.165, 1.54) is 5.56 Å². The number of nitrogens with zero attached hydrogens (tertiary/aromatic N) is 2. The molecule has 2 heterocycles. The van der Waals surface area contributed by atoms with E-state index >= 15 is 0 Å². The van der Waals surface area contributed by atoms with Gasteiger partial charge in [-0.15, -0.1) is 0 Å². The summed E-state index contributed by atoms with van der Waals surface area (Å²) in [6.45, 7) is 9.39. The molecule has 0 spiro atoms. The molecule has 2 aliphatic rings. The van der Waals surface area contributed by atoms with Crippen LogP contribution in [0.1, 0.15) is 49.0 Å². The maximum absolute atomic E-state index is 13.0. The zero-order valence-corrected chi connectivity index (χ0v) is 15.4. The van der Waals surface area contributed by atoms with Gasteiger partial charge in [0.25, 0.3) is 5.91 Å². The number of benzene rings is 1. The van der Waals surface area contributed by atoms with Gasteiger partial charge in [0.15, 0.2) is 6.29 Å². The molecule has 0 aromatic heterocycles. The number of ether oxygens (including phenoxy) is 2. The number of likely N-dealkylation sites (tertiary alicyclic amines) is 1. The molecule has 25 heavy (non-hydrogen) atoms. The molecule has 5 nitrogen and oxygen atoms in total. The number of rotatable bonds is 6. The molecule has 0 bridgehead atoms. The fourth-order valence-corrected chi connectivity index (χ4v) is 3.72. The van der Waals surface area contributed by atoms with Crippen molar-refractivity contribution in [2.45, 2.75) is 52.0 Å². The SMILES string of the molecule is CCN(CC)Cc1ccc(C(=O)N2CCCCC2C2OCCO2)cc1. The lowest BCUT2D eigenvalue weighted by molar-refractivity contribution is -0.100. The van der Waals surface area contributed by atoms with Crippen LogP contribution >= 0.6 is 0 Å². The fraction of sp³-hybridized carbons (Fsp3) is 0.650. The second kappa shape index (κ2) is 8.79. The molecular weight excluding hydrogens is 316 g/mol. The van der Waals surface area contributed by atoms with Crippen molar-refractivity contribution in [1.29, 1.82) is 0 Å². The summed E-state index contributed by atoms with van der Waals surface area (Å²) < 4.78 is 11.3. The van der Waals surface area contributed by atoms with Crippen molar-refractivity contribution >= 4 is 5.91 Å². The van der Waals surface area contributed by atoms with Crippen LogP contribution in [0.5, 0.6) is 0 Å². The minimum Gasteiger partial charge on any atom is -0.348 e. The summed E-state index contributed by atoms with van der Waals surface area (Å²) in [5, 5.41) is 0. The van der Waals surface area contributed by atoms with Gasteiger partial charge in [-0.1, -0.05) is 26.0 Å². The van der Waals surface area contributed by atoms with E-state index in [-0.39, 0.29) is 18.2 Å². The number of carbonyl (C=O) groups excluding carboxylic acids is 1. The fourth-order valence-electron chi connectivity index (χ4n) is 3.72. The minimum atomic E-state index is -0.258. The van der Waals surface area contributed by atoms with Crippen LogP contribution in [0.4, 0.5) is 0 Å². The van der Waals surface area contributed by atoms with Gasteiger partial charge in [0, 0.05) is 18.7 Å². The van der Waals surface area contributed by atoms with Crippen molar-refractivity contribution < 1.29 is 14.3 Å². The molecule has 1 amide bonds. The van der Waals surface area contributed by atoms with Crippen molar-refractivity contribution in [2.24, 2.45) is 0 Å². The van der Waals surface area contributed by atoms with Gasteiger partial charge >= 0.3 is 0 Å². The van der Waals surface area contributed by atoms with Crippen LogP contribution < -0.4 is 0 Å². The standard InChI is InChI=1S/C20H30N2O3/c1-3-21(4-2)15-16-8-10-17(11-9-16)19(23)22-12-6-5-7-18(22)20-24-13-14-25-20/h8-11,18,20H,3-7,12-15H2,1-2H3. The Morgan fingerprint density at radius 3 is 2.44 bits per heavy atom. The molecule has 2 saturated heterocycles. The second-order valence-corrected chi connectivity index (χ2v) is 6.83. The first-order chi connectivity index (χ1) is 12.2. The highest BCUT2D eigenvalue weighted by Gasteiger charge is 2.36. The zero-order chi connectivity index (χ0) is 17.6. The largest absolute Gasteiger partial charge is 0.348 e. The topological polar surface area (TPSA) is 42.0 Å². The average molecular weight is 346 g/mol. The Kier molecular flexibility index (Phi) is 6.45. The van der Waals surface area contributed by atoms with Crippen LogP contribution in [0.2, 0.25) is 0 Å². The third-order valence-electron chi connectivity index (χ3n) is 5.27. The second-order valence-electron chi connectivity index (χ2n) is 6.83. The zero-order valence-electron chi connectivity index (χ0n) is 15.4. The molecule has 1 aromatic rings.